The Bertz CT molecular complexity index is 966. The SMILES string of the molecule is C/C(=C\c1csc(C)n1)[C@H]1CC2OC2(Cl)COC[C@@H](C)[C@@H](O)[C@@H](C)C(=O)C(C)(C)[C@@H](O)CC(=O)N1. The van der Waals surface area contributed by atoms with Crippen LogP contribution in [0.4, 0.5) is 0 Å². The molecule has 1 aromatic rings. The Kier molecular flexibility index (Phi) is 8.82. The number of carbonyl (C=O) groups excluding carboxylic acids is 2. The van der Waals surface area contributed by atoms with Crippen LogP contribution < -0.4 is 5.32 Å². The van der Waals surface area contributed by atoms with Crippen molar-refractivity contribution in [1.29, 1.82) is 0 Å². The van der Waals surface area contributed by atoms with Crippen LogP contribution in [0.25, 0.3) is 6.08 Å². The van der Waals surface area contributed by atoms with Crippen LogP contribution in [0.3, 0.4) is 0 Å². The molecule has 1 amide bonds. The number of aliphatic hydroxyl groups is 2. The Morgan fingerprint density at radius 2 is 2.00 bits per heavy atom. The van der Waals surface area contributed by atoms with Crippen LogP contribution in [0, 0.1) is 24.2 Å². The highest BCUT2D eigenvalue weighted by atomic mass is 35.5. The first-order valence-corrected chi connectivity index (χ1v) is 13.2. The summed E-state index contributed by atoms with van der Waals surface area (Å²) in [6, 6.07) is -0.409. The molecule has 2 unspecified atom stereocenters. The Hall–Kier alpha value is -1.36. The van der Waals surface area contributed by atoms with Gasteiger partial charge in [0.2, 0.25) is 5.91 Å². The number of aliphatic hydroxyl groups excluding tert-OH is 2. The number of ether oxygens (including phenoxy) is 2. The van der Waals surface area contributed by atoms with E-state index in [1.807, 2.05) is 25.3 Å². The van der Waals surface area contributed by atoms with Crippen LogP contribution in [0.15, 0.2) is 11.0 Å². The monoisotopic (exact) mass is 528 g/mol. The van der Waals surface area contributed by atoms with E-state index in [-0.39, 0.29) is 37.4 Å². The number of carbonyl (C=O) groups is 2. The van der Waals surface area contributed by atoms with Gasteiger partial charge in [-0.15, -0.1) is 11.3 Å². The van der Waals surface area contributed by atoms with Gasteiger partial charge in [0.25, 0.3) is 0 Å². The molecule has 7 atom stereocenters. The predicted molar refractivity (Wildman–Crippen MR) is 135 cm³/mol. The Balaban J connectivity index is 1.85. The van der Waals surface area contributed by atoms with Gasteiger partial charge in [0.05, 0.1) is 54.0 Å². The molecular formula is C25H37ClN2O6S. The lowest BCUT2D eigenvalue weighted by Gasteiger charge is -2.34. The van der Waals surface area contributed by atoms with Crippen LogP contribution in [0.2, 0.25) is 0 Å². The van der Waals surface area contributed by atoms with Gasteiger partial charge in [0, 0.05) is 23.6 Å². The van der Waals surface area contributed by atoms with Crippen molar-refractivity contribution in [3.8, 4) is 0 Å². The smallest absolute Gasteiger partial charge is 0.223 e. The molecule has 0 bridgehead atoms. The molecule has 3 N–H and O–H groups in total. The average Bonchev–Trinajstić information content (AvgIpc) is 3.22. The highest BCUT2D eigenvalue weighted by Crippen LogP contribution is 2.44. The summed E-state index contributed by atoms with van der Waals surface area (Å²) in [4.78, 5) is 30.6. The minimum atomic E-state index is -1.22. The molecule has 0 saturated carbocycles. The van der Waals surface area contributed by atoms with Gasteiger partial charge in [-0.1, -0.05) is 39.3 Å². The largest absolute Gasteiger partial charge is 0.392 e. The quantitative estimate of drug-likeness (QED) is 0.398. The summed E-state index contributed by atoms with van der Waals surface area (Å²) in [6.07, 6.45) is -0.459. The summed E-state index contributed by atoms with van der Waals surface area (Å²) in [7, 11) is 0. The van der Waals surface area contributed by atoms with E-state index in [1.165, 1.54) is 0 Å². The number of ketones is 1. The first kappa shape index (κ1) is 28.2. The van der Waals surface area contributed by atoms with Gasteiger partial charge in [-0.2, -0.15) is 0 Å². The third-order valence-corrected chi connectivity index (χ3v) is 8.38. The first-order valence-electron chi connectivity index (χ1n) is 12.0. The number of epoxide rings is 1. The number of nitrogens with one attached hydrogen (secondary N) is 1. The van der Waals surface area contributed by atoms with Gasteiger partial charge in [-0.3, -0.25) is 9.59 Å². The zero-order valence-corrected chi connectivity index (χ0v) is 22.8. The lowest BCUT2D eigenvalue weighted by Crippen LogP contribution is -2.48. The van der Waals surface area contributed by atoms with E-state index >= 15 is 0 Å². The van der Waals surface area contributed by atoms with Crippen molar-refractivity contribution >= 4 is 40.7 Å². The molecule has 3 rings (SSSR count). The fourth-order valence-electron chi connectivity index (χ4n) is 4.47. The molecule has 35 heavy (non-hydrogen) atoms. The lowest BCUT2D eigenvalue weighted by atomic mass is 9.73. The summed E-state index contributed by atoms with van der Waals surface area (Å²) in [5.74, 6) is -1.79. The molecule has 0 aliphatic carbocycles. The van der Waals surface area contributed by atoms with Crippen LogP contribution >= 0.6 is 22.9 Å². The first-order chi connectivity index (χ1) is 16.2. The molecule has 8 nitrogen and oxygen atoms in total. The van der Waals surface area contributed by atoms with Gasteiger partial charge in [-0.25, -0.2) is 4.98 Å². The number of nitrogens with zero attached hydrogens (tertiary/aromatic N) is 1. The van der Waals surface area contributed by atoms with E-state index in [0.29, 0.717) is 6.42 Å². The zero-order valence-electron chi connectivity index (χ0n) is 21.2. The molecule has 2 fully saturated rings. The number of hydrogen-bond acceptors (Lipinski definition) is 8. The number of fused-ring (bicyclic) bond motifs is 1. The molecule has 2 saturated heterocycles. The molecule has 2 aliphatic rings. The third kappa shape index (κ3) is 6.70. The molecule has 1 aromatic heterocycles. The van der Waals surface area contributed by atoms with Gasteiger partial charge in [0.1, 0.15) is 11.9 Å². The van der Waals surface area contributed by atoms with Crippen molar-refractivity contribution in [2.24, 2.45) is 17.3 Å². The van der Waals surface area contributed by atoms with Crippen molar-refractivity contribution in [2.75, 3.05) is 13.2 Å². The minimum Gasteiger partial charge on any atom is -0.392 e. The predicted octanol–water partition coefficient (Wildman–Crippen LogP) is 3.07. The maximum absolute atomic E-state index is 13.2. The van der Waals surface area contributed by atoms with E-state index in [1.54, 1.807) is 39.0 Å². The van der Waals surface area contributed by atoms with Gasteiger partial charge < -0.3 is 25.0 Å². The molecule has 2 aliphatic heterocycles. The summed E-state index contributed by atoms with van der Waals surface area (Å²) < 4.78 is 11.5. The average molecular weight is 529 g/mol. The second-order valence-corrected chi connectivity index (χ2v) is 12.2. The maximum atomic E-state index is 13.2. The number of thiazole rings is 1. The summed E-state index contributed by atoms with van der Waals surface area (Å²) >= 11 is 8.13. The molecule has 0 aromatic carbocycles. The van der Waals surface area contributed by atoms with Crippen molar-refractivity contribution in [3.63, 3.8) is 0 Å². The number of hydrogen-bond donors (Lipinski definition) is 3. The summed E-state index contributed by atoms with van der Waals surface area (Å²) in [6.45, 7) is 10.8. The van der Waals surface area contributed by atoms with Crippen LogP contribution in [0.1, 0.15) is 58.2 Å². The van der Waals surface area contributed by atoms with Crippen LogP contribution in [-0.2, 0) is 19.1 Å². The molecule has 10 heteroatoms. The number of aromatic nitrogens is 1. The van der Waals surface area contributed by atoms with E-state index in [2.05, 4.69) is 10.3 Å². The molecule has 3 heterocycles. The van der Waals surface area contributed by atoms with E-state index in [0.717, 1.165) is 16.3 Å². The van der Waals surface area contributed by atoms with Crippen LogP contribution in [0.5, 0.6) is 0 Å². The third-order valence-electron chi connectivity index (χ3n) is 7.14. The molecule has 0 radical (unpaired) electrons. The van der Waals surface area contributed by atoms with Crippen molar-refractivity contribution in [1.82, 2.24) is 10.3 Å². The highest BCUT2D eigenvalue weighted by Gasteiger charge is 2.56. The fourth-order valence-corrected chi connectivity index (χ4v) is 5.32. The highest BCUT2D eigenvalue weighted by molar-refractivity contribution is 7.09. The number of rotatable bonds is 2. The summed E-state index contributed by atoms with van der Waals surface area (Å²) in [5.41, 5.74) is 0.450. The Labute approximate surface area is 216 Å². The molecular weight excluding hydrogens is 492 g/mol. The van der Waals surface area contributed by atoms with E-state index < -0.39 is 40.6 Å². The van der Waals surface area contributed by atoms with E-state index in [9.17, 15) is 19.8 Å². The van der Waals surface area contributed by atoms with Gasteiger partial charge in [-0.05, 0) is 25.5 Å². The van der Waals surface area contributed by atoms with Crippen LogP contribution in [-0.4, -0.2) is 69.5 Å². The Morgan fingerprint density at radius 1 is 1.31 bits per heavy atom. The number of halogens is 1. The number of amides is 1. The minimum absolute atomic E-state index is 0.123. The van der Waals surface area contributed by atoms with Gasteiger partial charge in [0.15, 0.2) is 5.06 Å². The standard InChI is InChI=1S/C25H37ClN2O6S/c1-13(7-17-11-35-16(4)27-17)18-8-20-25(26,34-20)12-33-10-14(2)22(31)15(3)23(32)24(5,6)19(29)9-21(30)28-18/h7,11,14-15,18-20,22,29,31H,8-10,12H2,1-6H3,(H,28,30)/b13-7+/t14-,15-,18-,19+,20?,22-,25?/m1/s1. The van der Waals surface area contributed by atoms with Crippen molar-refractivity contribution in [2.45, 2.75) is 83.8 Å². The van der Waals surface area contributed by atoms with Gasteiger partial charge >= 0.3 is 0 Å². The fraction of sp³-hybridized carbons (Fsp3) is 0.720. The molecule has 0 spiro atoms. The molecule has 196 valence electrons. The zero-order chi connectivity index (χ0) is 26.1. The lowest BCUT2D eigenvalue weighted by molar-refractivity contribution is -0.143. The van der Waals surface area contributed by atoms with Crippen molar-refractivity contribution in [3.05, 3.63) is 21.7 Å². The number of alkyl halides is 1. The second-order valence-electron chi connectivity index (χ2n) is 10.5. The second kappa shape index (κ2) is 10.9. The normalized spacial score (nSPS) is 37.5. The Morgan fingerprint density at radius 3 is 2.63 bits per heavy atom. The summed E-state index contributed by atoms with van der Waals surface area (Å²) in [5, 5.41) is 26.4. The number of aryl methyl sites for hydroxylation is 1. The van der Waals surface area contributed by atoms with Crippen molar-refractivity contribution < 1.29 is 29.3 Å². The maximum Gasteiger partial charge on any atom is 0.223 e. The topological polar surface area (TPSA) is 121 Å². The van der Waals surface area contributed by atoms with E-state index in [4.69, 9.17) is 21.1 Å². The number of Topliss-reactive ketones (excluding diaryl/α,β-unsaturated/α-hetero) is 1.